The lowest BCUT2D eigenvalue weighted by Crippen LogP contribution is -2.08. The predicted molar refractivity (Wildman–Crippen MR) is 96.6 cm³/mol. The van der Waals surface area contributed by atoms with Gasteiger partial charge in [0, 0.05) is 41.7 Å². The monoisotopic (exact) mass is 385 g/mol. The number of anilines is 2. The molecule has 0 saturated heterocycles. The Labute approximate surface area is 142 Å². The first-order valence-corrected chi connectivity index (χ1v) is 7.69. The number of halogens is 3. The van der Waals surface area contributed by atoms with Crippen molar-refractivity contribution in [3.05, 3.63) is 50.4 Å². The second kappa shape index (κ2) is 6.69. The minimum absolute atomic E-state index is 0.428. The molecule has 0 saturated carbocycles. The lowest BCUT2D eigenvalue weighted by molar-refractivity contribution is 1.13. The van der Waals surface area contributed by atoms with E-state index in [-0.39, 0.29) is 0 Å². The SMILES string of the molecule is CN(C)c1ccc(C=Nc2c(Cl)cc(N)cc2Cl)c(Br)c1. The smallest absolute Gasteiger partial charge is 0.100 e. The van der Waals surface area contributed by atoms with Crippen molar-refractivity contribution < 1.29 is 0 Å². The van der Waals surface area contributed by atoms with Crippen LogP contribution in [0.1, 0.15) is 5.56 Å². The molecule has 110 valence electrons. The molecule has 0 unspecified atom stereocenters. The molecule has 0 aromatic heterocycles. The summed E-state index contributed by atoms with van der Waals surface area (Å²) in [7, 11) is 3.98. The Balaban J connectivity index is 2.34. The number of nitrogen functional groups attached to an aromatic ring is 1. The summed E-state index contributed by atoms with van der Waals surface area (Å²) < 4.78 is 0.945. The van der Waals surface area contributed by atoms with Crippen molar-refractivity contribution >= 4 is 62.4 Å². The van der Waals surface area contributed by atoms with Crippen LogP contribution < -0.4 is 10.6 Å². The molecule has 6 heteroatoms. The Bertz CT molecular complexity index is 676. The van der Waals surface area contributed by atoms with E-state index >= 15 is 0 Å². The number of rotatable bonds is 3. The summed E-state index contributed by atoms with van der Waals surface area (Å²) in [6, 6.07) is 9.27. The Kier molecular flexibility index (Phi) is 5.14. The Morgan fingerprint density at radius 3 is 2.29 bits per heavy atom. The summed E-state index contributed by atoms with van der Waals surface area (Å²) in [4.78, 5) is 6.39. The molecule has 0 atom stereocenters. The van der Waals surface area contributed by atoms with Crippen LogP contribution in [-0.4, -0.2) is 20.3 Å². The highest BCUT2D eigenvalue weighted by molar-refractivity contribution is 9.10. The van der Waals surface area contributed by atoms with Crippen molar-refractivity contribution in [2.45, 2.75) is 0 Å². The Morgan fingerprint density at radius 2 is 1.76 bits per heavy atom. The van der Waals surface area contributed by atoms with Gasteiger partial charge in [0.2, 0.25) is 0 Å². The van der Waals surface area contributed by atoms with E-state index in [1.54, 1.807) is 18.3 Å². The molecule has 0 fully saturated rings. The second-order valence-electron chi connectivity index (χ2n) is 4.69. The van der Waals surface area contributed by atoms with E-state index in [1.165, 1.54) is 0 Å². The third-order valence-corrected chi connectivity index (χ3v) is 4.14. The van der Waals surface area contributed by atoms with E-state index < -0.39 is 0 Å². The maximum Gasteiger partial charge on any atom is 0.100 e. The quantitative estimate of drug-likeness (QED) is 0.585. The molecular formula is C15H14BrCl2N3. The molecule has 0 radical (unpaired) electrons. The van der Waals surface area contributed by atoms with Crippen LogP contribution in [-0.2, 0) is 0 Å². The van der Waals surface area contributed by atoms with Crippen molar-refractivity contribution in [1.29, 1.82) is 0 Å². The fourth-order valence-corrected chi connectivity index (χ4v) is 2.81. The second-order valence-corrected chi connectivity index (χ2v) is 6.36. The lowest BCUT2D eigenvalue weighted by Gasteiger charge is -2.13. The van der Waals surface area contributed by atoms with Gasteiger partial charge in [-0.15, -0.1) is 0 Å². The van der Waals surface area contributed by atoms with Crippen LogP contribution >= 0.6 is 39.1 Å². The number of nitrogens with zero attached hydrogens (tertiary/aromatic N) is 2. The van der Waals surface area contributed by atoms with Crippen LogP contribution in [0, 0.1) is 0 Å². The molecule has 2 N–H and O–H groups in total. The molecule has 0 aliphatic carbocycles. The molecule has 3 nitrogen and oxygen atoms in total. The number of nitrogens with two attached hydrogens (primary N) is 1. The largest absolute Gasteiger partial charge is 0.399 e. The van der Waals surface area contributed by atoms with E-state index in [4.69, 9.17) is 28.9 Å². The van der Waals surface area contributed by atoms with Gasteiger partial charge in [-0.25, -0.2) is 0 Å². The summed E-state index contributed by atoms with van der Waals surface area (Å²) >= 11 is 15.8. The first-order valence-electron chi connectivity index (χ1n) is 6.14. The fourth-order valence-electron chi connectivity index (χ4n) is 1.74. The predicted octanol–water partition coefficient (Wildman–Crippen LogP) is 5.15. The minimum Gasteiger partial charge on any atom is -0.399 e. The van der Waals surface area contributed by atoms with Gasteiger partial charge in [0.15, 0.2) is 0 Å². The third-order valence-electron chi connectivity index (χ3n) is 2.87. The minimum atomic E-state index is 0.428. The standard InChI is InChI=1S/C15H14BrCl2N3/c1-21(2)11-4-3-9(12(16)7-11)8-20-15-13(17)5-10(19)6-14(15)18/h3-8H,19H2,1-2H3. The van der Waals surface area contributed by atoms with Crippen LogP contribution in [0.25, 0.3) is 0 Å². The molecule has 2 aromatic carbocycles. The van der Waals surface area contributed by atoms with Crippen molar-refractivity contribution in [1.82, 2.24) is 0 Å². The van der Waals surface area contributed by atoms with Gasteiger partial charge in [0.05, 0.1) is 10.0 Å². The zero-order valence-corrected chi connectivity index (χ0v) is 14.7. The van der Waals surface area contributed by atoms with Crippen molar-refractivity contribution in [3.63, 3.8) is 0 Å². The van der Waals surface area contributed by atoms with Gasteiger partial charge >= 0.3 is 0 Å². The van der Waals surface area contributed by atoms with E-state index in [0.29, 0.717) is 21.4 Å². The van der Waals surface area contributed by atoms with Gasteiger partial charge in [0.1, 0.15) is 5.69 Å². The summed E-state index contributed by atoms with van der Waals surface area (Å²) in [6.07, 6.45) is 1.72. The topological polar surface area (TPSA) is 41.6 Å². The number of hydrogen-bond acceptors (Lipinski definition) is 3. The number of benzene rings is 2. The van der Waals surface area contributed by atoms with E-state index in [9.17, 15) is 0 Å². The molecule has 0 amide bonds. The van der Waals surface area contributed by atoms with Crippen molar-refractivity contribution in [2.24, 2.45) is 4.99 Å². The van der Waals surface area contributed by atoms with Crippen LogP contribution in [0.3, 0.4) is 0 Å². The van der Waals surface area contributed by atoms with Gasteiger partial charge in [-0.05, 0) is 24.3 Å². The molecule has 2 aromatic rings. The maximum atomic E-state index is 6.11. The summed E-state index contributed by atoms with van der Waals surface area (Å²) in [5.74, 6) is 0. The number of hydrogen-bond donors (Lipinski definition) is 1. The molecule has 0 heterocycles. The van der Waals surface area contributed by atoms with Crippen molar-refractivity contribution in [2.75, 3.05) is 24.7 Å². The summed E-state index contributed by atoms with van der Waals surface area (Å²) in [5.41, 5.74) is 8.73. The normalized spacial score (nSPS) is 11.1. The van der Waals surface area contributed by atoms with Crippen LogP contribution in [0.4, 0.5) is 17.1 Å². The van der Waals surface area contributed by atoms with Gasteiger partial charge < -0.3 is 10.6 Å². The number of aliphatic imine (C=N–C) groups is 1. The van der Waals surface area contributed by atoms with Crippen LogP contribution in [0.2, 0.25) is 10.0 Å². The van der Waals surface area contributed by atoms with Crippen molar-refractivity contribution in [3.8, 4) is 0 Å². The van der Waals surface area contributed by atoms with E-state index in [0.717, 1.165) is 15.7 Å². The Hall–Kier alpha value is -1.23. The van der Waals surface area contributed by atoms with Gasteiger partial charge in [0.25, 0.3) is 0 Å². The molecule has 21 heavy (non-hydrogen) atoms. The van der Waals surface area contributed by atoms with Gasteiger partial charge in [-0.3, -0.25) is 4.99 Å². The Morgan fingerprint density at radius 1 is 1.14 bits per heavy atom. The zero-order valence-electron chi connectivity index (χ0n) is 11.6. The average molecular weight is 387 g/mol. The molecule has 0 bridgehead atoms. The third kappa shape index (κ3) is 3.90. The summed E-state index contributed by atoms with van der Waals surface area (Å²) in [5, 5.41) is 0.856. The van der Waals surface area contributed by atoms with E-state index in [2.05, 4.69) is 20.9 Å². The maximum absolute atomic E-state index is 6.11. The zero-order chi connectivity index (χ0) is 15.6. The van der Waals surface area contributed by atoms with E-state index in [1.807, 2.05) is 37.2 Å². The molecule has 0 aliphatic rings. The molecule has 0 spiro atoms. The highest BCUT2D eigenvalue weighted by Crippen LogP contribution is 2.35. The van der Waals surface area contributed by atoms with Gasteiger partial charge in [-0.2, -0.15) is 0 Å². The first kappa shape index (κ1) is 16.1. The lowest BCUT2D eigenvalue weighted by atomic mass is 10.2. The van der Waals surface area contributed by atoms with Crippen LogP contribution in [0.5, 0.6) is 0 Å². The van der Waals surface area contributed by atoms with Crippen LogP contribution in [0.15, 0.2) is 39.8 Å². The fraction of sp³-hybridized carbons (Fsp3) is 0.133. The average Bonchev–Trinajstić information content (AvgIpc) is 2.38. The molecule has 0 aliphatic heterocycles. The molecular weight excluding hydrogens is 373 g/mol. The highest BCUT2D eigenvalue weighted by Gasteiger charge is 2.06. The first-order chi connectivity index (χ1) is 9.88. The molecule has 2 rings (SSSR count). The van der Waals surface area contributed by atoms with Gasteiger partial charge in [-0.1, -0.05) is 45.2 Å². The summed E-state index contributed by atoms with van der Waals surface area (Å²) in [6.45, 7) is 0. The highest BCUT2D eigenvalue weighted by atomic mass is 79.9.